The summed E-state index contributed by atoms with van der Waals surface area (Å²) >= 11 is 2.18. The van der Waals surface area contributed by atoms with Gasteiger partial charge in [0.25, 0.3) is 0 Å². The minimum atomic E-state index is -3.28. The molecule has 0 saturated carbocycles. The van der Waals surface area contributed by atoms with Crippen molar-refractivity contribution in [2.24, 2.45) is 0 Å². The molecule has 0 aliphatic carbocycles. The van der Waals surface area contributed by atoms with E-state index in [9.17, 15) is 17.6 Å². The van der Waals surface area contributed by atoms with Crippen molar-refractivity contribution in [3.8, 4) is 11.1 Å². The second-order valence-electron chi connectivity index (χ2n) is 6.82. The van der Waals surface area contributed by atoms with E-state index in [0.29, 0.717) is 16.8 Å². The van der Waals surface area contributed by atoms with E-state index in [1.54, 1.807) is 24.3 Å². The number of carbonyl (C=O) groups excluding carboxylic acids is 1. The summed E-state index contributed by atoms with van der Waals surface area (Å²) in [6.45, 7) is 1.98. The third-order valence-electron chi connectivity index (χ3n) is 4.38. The summed E-state index contributed by atoms with van der Waals surface area (Å²) in [5.41, 5.74) is 3.42. The van der Waals surface area contributed by atoms with Gasteiger partial charge in [-0.05, 0) is 77.0 Å². The monoisotopic (exact) mass is 523 g/mol. The first-order chi connectivity index (χ1) is 13.6. The van der Waals surface area contributed by atoms with Crippen LogP contribution in [0.3, 0.4) is 0 Å². The Morgan fingerprint density at radius 2 is 1.66 bits per heavy atom. The maximum atomic E-state index is 14.6. The maximum absolute atomic E-state index is 14.6. The van der Waals surface area contributed by atoms with Crippen LogP contribution in [0.15, 0.2) is 65.6 Å². The Morgan fingerprint density at radius 1 is 1.00 bits per heavy atom. The van der Waals surface area contributed by atoms with Gasteiger partial charge in [0.15, 0.2) is 9.84 Å². The number of halogens is 2. The lowest BCUT2D eigenvalue weighted by Gasteiger charge is -2.10. The highest BCUT2D eigenvalue weighted by molar-refractivity contribution is 14.1. The molecular weight excluding hydrogens is 504 g/mol. The molecule has 150 valence electrons. The molecule has 0 aliphatic rings. The summed E-state index contributed by atoms with van der Waals surface area (Å²) in [5, 5.41) is 2.68. The van der Waals surface area contributed by atoms with Crippen LogP contribution in [-0.4, -0.2) is 20.6 Å². The fourth-order valence-corrected chi connectivity index (χ4v) is 4.49. The molecule has 29 heavy (non-hydrogen) atoms. The Hall–Kier alpha value is -2.26. The highest BCUT2D eigenvalue weighted by atomic mass is 127. The third-order valence-corrected chi connectivity index (χ3v) is 6.40. The average molecular weight is 523 g/mol. The number of aryl methyl sites for hydroxylation is 1. The summed E-state index contributed by atoms with van der Waals surface area (Å²) in [7, 11) is -3.28. The predicted molar refractivity (Wildman–Crippen MR) is 121 cm³/mol. The van der Waals surface area contributed by atoms with E-state index in [-0.39, 0.29) is 17.2 Å². The first kappa shape index (κ1) is 21.4. The van der Waals surface area contributed by atoms with Crippen LogP contribution < -0.4 is 5.32 Å². The zero-order valence-corrected chi connectivity index (χ0v) is 18.8. The van der Waals surface area contributed by atoms with Crippen LogP contribution in [0.2, 0.25) is 0 Å². The van der Waals surface area contributed by atoms with E-state index < -0.39 is 15.7 Å². The van der Waals surface area contributed by atoms with Gasteiger partial charge in [-0.25, -0.2) is 12.8 Å². The molecule has 3 aromatic carbocycles. The maximum Gasteiger partial charge on any atom is 0.228 e. The Bertz CT molecular complexity index is 1180. The fraction of sp³-hybridized carbons (Fsp3) is 0.136. The van der Waals surface area contributed by atoms with Gasteiger partial charge >= 0.3 is 0 Å². The minimum Gasteiger partial charge on any atom is -0.326 e. The zero-order chi connectivity index (χ0) is 21.2. The molecule has 3 rings (SSSR count). The quantitative estimate of drug-likeness (QED) is 0.480. The van der Waals surface area contributed by atoms with Crippen molar-refractivity contribution in [1.29, 1.82) is 0 Å². The topological polar surface area (TPSA) is 63.2 Å². The number of sulfone groups is 1. The highest BCUT2D eigenvalue weighted by Gasteiger charge is 2.12. The molecule has 0 bridgehead atoms. The van der Waals surface area contributed by atoms with Gasteiger partial charge in [-0.2, -0.15) is 0 Å². The number of amides is 1. The van der Waals surface area contributed by atoms with E-state index in [4.69, 9.17) is 0 Å². The molecule has 0 saturated heterocycles. The number of carbonyl (C=O) groups is 1. The van der Waals surface area contributed by atoms with Crippen LogP contribution in [0.25, 0.3) is 11.1 Å². The largest absolute Gasteiger partial charge is 0.326 e. The summed E-state index contributed by atoms with van der Waals surface area (Å²) in [6.07, 6.45) is 1.19. The molecule has 0 aliphatic heterocycles. The number of rotatable bonds is 5. The van der Waals surface area contributed by atoms with E-state index >= 15 is 0 Å². The van der Waals surface area contributed by atoms with Gasteiger partial charge in [0.05, 0.1) is 11.3 Å². The molecular formula is C22H19FINO3S. The molecule has 4 nitrogen and oxygen atoms in total. The second kappa shape index (κ2) is 8.62. The van der Waals surface area contributed by atoms with Crippen LogP contribution in [-0.2, 0) is 21.1 Å². The predicted octanol–water partition coefficient (Wildman–Crippen LogP) is 4.99. The number of nitrogens with one attached hydrogen (secondary N) is 1. The first-order valence-corrected chi connectivity index (χ1v) is 11.8. The highest BCUT2D eigenvalue weighted by Crippen LogP contribution is 2.30. The smallest absolute Gasteiger partial charge is 0.228 e. The van der Waals surface area contributed by atoms with Gasteiger partial charge in [0.1, 0.15) is 5.82 Å². The lowest BCUT2D eigenvalue weighted by Crippen LogP contribution is -2.14. The van der Waals surface area contributed by atoms with Crippen molar-refractivity contribution < 1.29 is 17.6 Å². The van der Waals surface area contributed by atoms with Gasteiger partial charge in [-0.3, -0.25) is 4.79 Å². The average Bonchev–Trinajstić information content (AvgIpc) is 2.62. The normalized spacial score (nSPS) is 11.3. The molecule has 1 N–H and O–H groups in total. The number of hydrogen-bond acceptors (Lipinski definition) is 3. The minimum absolute atomic E-state index is 0.0588. The Morgan fingerprint density at radius 3 is 2.24 bits per heavy atom. The standard InChI is InChI=1S/C22H19FINO3S/c1-14-3-9-19(21(24)11-14)18-10-6-16(13-20(18)23)25-22(26)12-15-4-7-17(8-5-15)29(2,27)28/h3-11,13H,12H2,1-2H3,(H,25,26). The molecule has 1 amide bonds. The fourth-order valence-electron chi connectivity index (χ4n) is 2.89. The molecule has 3 aromatic rings. The molecule has 0 fully saturated rings. The number of anilines is 1. The van der Waals surface area contributed by atoms with Gasteiger partial charge in [0, 0.05) is 21.1 Å². The SMILES string of the molecule is Cc1ccc(-c2ccc(NC(=O)Cc3ccc(S(C)(=O)=O)cc3)cc2F)c(I)c1. The summed E-state index contributed by atoms with van der Waals surface area (Å²) in [6, 6.07) is 16.5. The zero-order valence-electron chi connectivity index (χ0n) is 15.9. The van der Waals surface area contributed by atoms with Crippen molar-refractivity contribution in [2.45, 2.75) is 18.2 Å². The van der Waals surface area contributed by atoms with Gasteiger partial charge in [0.2, 0.25) is 5.91 Å². The molecule has 0 heterocycles. The van der Waals surface area contributed by atoms with Crippen LogP contribution in [0.4, 0.5) is 10.1 Å². The van der Waals surface area contributed by atoms with Crippen molar-refractivity contribution in [3.63, 3.8) is 0 Å². The van der Waals surface area contributed by atoms with Crippen LogP contribution >= 0.6 is 22.6 Å². The number of hydrogen-bond donors (Lipinski definition) is 1. The lowest BCUT2D eigenvalue weighted by atomic mass is 10.0. The molecule has 7 heteroatoms. The van der Waals surface area contributed by atoms with Crippen LogP contribution in [0, 0.1) is 16.3 Å². The Balaban J connectivity index is 1.72. The molecule has 0 spiro atoms. The Labute approximate surface area is 183 Å². The van der Waals surface area contributed by atoms with Gasteiger partial charge < -0.3 is 5.32 Å². The van der Waals surface area contributed by atoms with Gasteiger partial charge in [-0.1, -0.05) is 29.8 Å². The molecule has 0 atom stereocenters. The summed E-state index contributed by atoms with van der Waals surface area (Å²) < 4.78 is 38.6. The van der Waals surface area contributed by atoms with Crippen molar-refractivity contribution >= 4 is 44.0 Å². The van der Waals surface area contributed by atoms with Crippen molar-refractivity contribution in [2.75, 3.05) is 11.6 Å². The van der Waals surface area contributed by atoms with E-state index in [2.05, 4.69) is 27.9 Å². The first-order valence-electron chi connectivity index (χ1n) is 8.78. The van der Waals surface area contributed by atoms with Crippen molar-refractivity contribution in [3.05, 3.63) is 81.2 Å². The van der Waals surface area contributed by atoms with E-state index in [1.807, 2.05) is 25.1 Å². The van der Waals surface area contributed by atoms with Crippen LogP contribution in [0.5, 0.6) is 0 Å². The number of benzene rings is 3. The lowest BCUT2D eigenvalue weighted by molar-refractivity contribution is -0.115. The van der Waals surface area contributed by atoms with E-state index in [1.165, 1.54) is 18.2 Å². The third kappa shape index (κ3) is 5.42. The van der Waals surface area contributed by atoms with Gasteiger partial charge in [-0.15, -0.1) is 0 Å². The van der Waals surface area contributed by atoms with E-state index in [0.717, 1.165) is 21.0 Å². The van der Waals surface area contributed by atoms with Crippen molar-refractivity contribution in [1.82, 2.24) is 0 Å². The molecule has 0 unspecified atom stereocenters. The Kier molecular flexibility index (Phi) is 6.38. The molecule has 0 radical (unpaired) electrons. The second-order valence-corrected chi connectivity index (χ2v) is 10.00. The summed E-state index contributed by atoms with van der Waals surface area (Å²) in [4.78, 5) is 12.5. The van der Waals surface area contributed by atoms with Crippen LogP contribution in [0.1, 0.15) is 11.1 Å². The summed E-state index contributed by atoms with van der Waals surface area (Å²) in [5.74, 6) is -0.726. The molecule has 0 aromatic heterocycles.